The number of hydrogen-bond donors (Lipinski definition) is 2. The second kappa shape index (κ2) is 6.69. The highest BCUT2D eigenvalue weighted by atomic mass is 32.2. The number of nitrogens with zero attached hydrogens (tertiary/aromatic N) is 1. The van der Waals surface area contributed by atoms with Crippen molar-refractivity contribution in [1.82, 2.24) is 14.7 Å². The average Bonchev–Trinajstić information content (AvgIpc) is 3.11. The van der Waals surface area contributed by atoms with Gasteiger partial charge >= 0.3 is 0 Å². The highest BCUT2D eigenvalue weighted by Crippen LogP contribution is 2.35. The van der Waals surface area contributed by atoms with Crippen molar-refractivity contribution in [2.24, 2.45) is 0 Å². The van der Waals surface area contributed by atoms with E-state index in [0.717, 1.165) is 44.0 Å². The monoisotopic (exact) mass is 401 g/mol. The third-order valence-electron chi connectivity index (χ3n) is 5.30. The molecule has 0 spiro atoms. The number of aromatic nitrogens is 2. The Labute approximate surface area is 168 Å². The van der Waals surface area contributed by atoms with E-state index in [2.05, 4.69) is 39.0 Å². The number of pyridine rings is 1. The van der Waals surface area contributed by atoms with Gasteiger partial charge in [0, 0.05) is 28.0 Å². The van der Waals surface area contributed by atoms with Crippen LogP contribution in [0.1, 0.15) is 5.56 Å². The molecule has 144 valence electrons. The van der Waals surface area contributed by atoms with Gasteiger partial charge in [0.1, 0.15) is 0 Å². The first-order chi connectivity index (χ1) is 14.1. The highest BCUT2D eigenvalue weighted by molar-refractivity contribution is 7.88. The van der Waals surface area contributed by atoms with Gasteiger partial charge in [-0.05, 0) is 41.6 Å². The molecule has 0 radical (unpaired) electrons. The topological polar surface area (TPSA) is 74.8 Å². The Bertz CT molecular complexity index is 1480. The van der Waals surface area contributed by atoms with E-state index < -0.39 is 10.0 Å². The molecule has 0 fully saturated rings. The summed E-state index contributed by atoms with van der Waals surface area (Å²) in [4.78, 5) is 8.17. The zero-order valence-electron chi connectivity index (χ0n) is 15.8. The molecule has 2 N–H and O–H groups in total. The minimum Gasteiger partial charge on any atom is -0.353 e. The predicted octanol–water partition coefficient (Wildman–Crippen LogP) is 4.59. The fourth-order valence-corrected chi connectivity index (χ4v) is 4.65. The Morgan fingerprint density at radius 3 is 2.62 bits per heavy atom. The molecule has 5 aromatic rings. The molecule has 0 aliphatic heterocycles. The summed E-state index contributed by atoms with van der Waals surface area (Å²) in [6.07, 6.45) is 1.81. The molecule has 0 aliphatic carbocycles. The maximum absolute atomic E-state index is 11.9. The van der Waals surface area contributed by atoms with Crippen molar-refractivity contribution in [2.45, 2.75) is 5.75 Å². The molecule has 0 bridgehead atoms. The fourth-order valence-electron chi connectivity index (χ4n) is 3.89. The van der Waals surface area contributed by atoms with Crippen molar-refractivity contribution >= 4 is 42.6 Å². The number of sulfonamides is 1. The summed E-state index contributed by atoms with van der Waals surface area (Å²) >= 11 is 0. The predicted molar refractivity (Wildman–Crippen MR) is 118 cm³/mol. The molecule has 2 heterocycles. The van der Waals surface area contributed by atoms with E-state index in [1.807, 2.05) is 48.7 Å². The maximum Gasteiger partial charge on any atom is 0.215 e. The third-order valence-corrected chi connectivity index (χ3v) is 6.63. The quantitative estimate of drug-likeness (QED) is 0.463. The smallest absolute Gasteiger partial charge is 0.215 e. The summed E-state index contributed by atoms with van der Waals surface area (Å²) in [5, 5.41) is 4.34. The molecular weight excluding hydrogens is 382 g/mol. The Hall–Kier alpha value is -3.22. The summed E-state index contributed by atoms with van der Waals surface area (Å²) in [5.41, 5.74) is 4.61. The zero-order valence-corrected chi connectivity index (χ0v) is 16.6. The number of benzene rings is 3. The molecule has 5 nitrogen and oxygen atoms in total. The van der Waals surface area contributed by atoms with Crippen LogP contribution < -0.4 is 4.72 Å². The van der Waals surface area contributed by atoms with Crippen LogP contribution in [0.15, 0.2) is 72.9 Å². The van der Waals surface area contributed by atoms with Gasteiger partial charge in [0.25, 0.3) is 0 Å². The van der Waals surface area contributed by atoms with E-state index in [0.29, 0.717) is 0 Å². The Morgan fingerprint density at radius 2 is 1.76 bits per heavy atom. The van der Waals surface area contributed by atoms with Crippen LogP contribution in [0.3, 0.4) is 0 Å². The van der Waals surface area contributed by atoms with E-state index in [1.165, 1.54) is 12.4 Å². The second-order valence-electron chi connectivity index (χ2n) is 7.08. The number of H-pyrrole nitrogens is 1. The minimum absolute atomic E-state index is 0.0482. The van der Waals surface area contributed by atoms with E-state index in [-0.39, 0.29) is 5.75 Å². The lowest BCUT2D eigenvalue weighted by Gasteiger charge is -2.07. The SMILES string of the molecule is CNS(=O)(=O)Cc1ccc2[nH]c3c(-c4cccc5ccccc45)nccc3c2c1. The largest absolute Gasteiger partial charge is 0.353 e. The summed E-state index contributed by atoms with van der Waals surface area (Å²) in [6, 6.07) is 22.2. The lowest BCUT2D eigenvalue weighted by atomic mass is 10.0. The van der Waals surface area contributed by atoms with Gasteiger partial charge in [-0.3, -0.25) is 4.98 Å². The maximum atomic E-state index is 11.9. The Balaban J connectivity index is 1.74. The number of nitrogens with one attached hydrogen (secondary N) is 2. The molecule has 0 saturated heterocycles. The van der Waals surface area contributed by atoms with Crippen LogP contribution in [-0.4, -0.2) is 25.4 Å². The molecule has 0 unspecified atom stereocenters. The summed E-state index contributed by atoms with van der Waals surface area (Å²) in [5.74, 6) is -0.0482. The van der Waals surface area contributed by atoms with Crippen LogP contribution in [0, 0.1) is 0 Å². The van der Waals surface area contributed by atoms with E-state index >= 15 is 0 Å². The van der Waals surface area contributed by atoms with Gasteiger partial charge in [0.2, 0.25) is 10.0 Å². The fraction of sp³-hybridized carbons (Fsp3) is 0.0870. The molecule has 0 saturated carbocycles. The second-order valence-corrected chi connectivity index (χ2v) is 9.00. The van der Waals surface area contributed by atoms with Crippen LogP contribution in [0.5, 0.6) is 0 Å². The number of aromatic amines is 1. The molecule has 0 atom stereocenters. The van der Waals surface area contributed by atoms with Crippen molar-refractivity contribution in [3.8, 4) is 11.3 Å². The average molecular weight is 401 g/mol. The molecule has 2 aromatic heterocycles. The van der Waals surface area contributed by atoms with Gasteiger partial charge in [-0.2, -0.15) is 0 Å². The number of hydrogen-bond acceptors (Lipinski definition) is 3. The van der Waals surface area contributed by atoms with E-state index in [4.69, 9.17) is 0 Å². The van der Waals surface area contributed by atoms with Crippen LogP contribution in [0.25, 0.3) is 43.8 Å². The molecule has 0 amide bonds. The Kier molecular flexibility index (Phi) is 4.12. The van der Waals surface area contributed by atoms with E-state index in [9.17, 15) is 8.42 Å². The van der Waals surface area contributed by atoms with Gasteiger partial charge in [0.05, 0.1) is 17.0 Å². The first-order valence-corrected chi connectivity index (χ1v) is 11.0. The summed E-state index contributed by atoms with van der Waals surface area (Å²) in [6.45, 7) is 0. The third kappa shape index (κ3) is 3.06. The number of fused-ring (bicyclic) bond motifs is 4. The summed E-state index contributed by atoms with van der Waals surface area (Å²) in [7, 11) is -1.89. The van der Waals surface area contributed by atoms with Crippen molar-refractivity contribution in [3.05, 3.63) is 78.5 Å². The molecular formula is C23H19N3O2S. The van der Waals surface area contributed by atoms with Gasteiger partial charge in [-0.25, -0.2) is 13.1 Å². The van der Waals surface area contributed by atoms with Gasteiger partial charge < -0.3 is 4.98 Å². The van der Waals surface area contributed by atoms with Crippen molar-refractivity contribution < 1.29 is 8.42 Å². The zero-order chi connectivity index (χ0) is 20.0. The van der Waals surface area contributed by atoms with Gasteiger partial charge in [-0.15, -0.1) is 0 Å². The van der Waals surface area contributed by atoms with Gasteiger partial charge in [0.15, 0.2) is 0 Å². The van der Waals surface area contributed by atoms with Gasteiger partial charge in [-0.1, -0.05) is 48.5 Å². The molecule has 3 aromatic carbocycles. The number of rotatable bonds is 4. The standard InChI is InChI=1S/C23H19N3O2S/c1-24-29(27,28)14-15-9-10-21-20(13-15)19-11-12-25-22(23(19)26-21)18-8-4-6-16-5-2-3-7-17(16)18/h2-13,24,26H,14H2,1H3. The minimum atomic E-state index is -3.33. The molecule has 0 aliphatic rings. The summed E-state index contributed by atoms with van der Waals surface area (Å²) < 4.78 is 26.3. The van der Waals surface area contributed by atoms with Crippen molar-refractivity contribution in [2.75, 3.05) is 7.05 Å². The van der Waals surface area contributed by atoms with Crippen molar-refractivity contribution in [3.63, 3.8) is 0 Å². The van der Waals surface area contributed by atoms with Crippen LogP contribution in [0.2, 0.25) is 0 Å². The van der Waals surface area contributed by atoms with Crippen LogP contribution >= 0.6 is 0 Å². The lowest BCUT2D eigenvalue weighted by Crippen LogP contribution is -2.20. The Morgan fingerprint density at radius 1 is 0.931 bits per heavy atom. The lowest BCUT2D eigenvalue weighted by molar-refractivity contribution is 0.587. The highest BCUT2D eigenvalue weighted by Gasteiger charge is 2.15. The normalized spacial score (nSPS) is 12.2. The van der Waals surface area contributed by atoms with E-state index in [1.54, 1.807) is 0 Å². The molecule has 29 heavy (non-hydrogen) atoms. The first kappa shape index (κ1) is 17.8. The van der Waals surface area contributed by atoms with Crippen molar-refractivity contribution in [1.29, 1.82) is 0 Å². The van der Waals surface area contributed by atoms with Crippen LogP contribution in [0.4, 0.5) is 0 Å². The first-order valence-electron chi connectivity index (χ1n) is 9.34. The molecule has 5 rings (SSSR count). The molecule has 6 heteroatoms. The van der Waals surface area contributed by atoms with Crippen LogP contribution in [-0.2, 0) is 15.8 Å².